The molecule has 0 bridgehead atoms. The fourth-order valence-corrected chi connectivity index (χ4v) is 3.87. The summed E-state index contributed by atoms with van der Waals surface area (Å²) in [6.45, 7) is 3.85. The number of fused-ring (bicyclic) bond motifs is 2. The van der Waals surface area contributed by atoms with Gasteiger partial charge < -0.3 is 5.32 Å². The first-order valence-corrected chi connectivity index (χ1v) is 10.0. The number of anilines is 1. The predicted molar refractivity (Wildman–Crippen MR) is 115 cm³/mol. The van der Waals surface area contributed by atoms with E-state index in [1.807, 2.05) is 66.4 Å². The first-order chi connectivity index (χ1) is 14.1. The highest BCUT2D eigenvalue weighted by Gasteiger charge is 2.10. The summed E-state index contributed by atoms with van der Waals surface area (Å²) in [5, 5.41) is 4.94. The Bertz CT molecular complexity index is 1340. The van der Waals surface area contributed by atoms with Gasteiger partial charge in [-0.1, -0.05) is 12.1 Å². The van der Waals surface area contributed by atoms with Gasteiger partial charge in [0.15, 0.2) is 4.96 Å². The van der Waals surface area contributed by atoms with Crippen LogP contribution in [-0.4, -0.2) is 25.3 Å². The molecule has 7 heteroatoms. The molecule has 1 amide bonds. The maximum Gasteiger partial charge on any atom is 0.255 e. The van der Waals surface area contributed by atoms with Crippen molar-refractivity contribution in [2.24, 2.45) is 0 Å². The Morgan fingerprint density at radius 3 is 2.48 bits per heavy atom. The van der Waals surface area contributed by atoms with E-state index in [0.717, 1.165) is 44.3 Å². The van der Waals surface area contributed by atoms with E-state index in [4.69, 9.17) is 0 Å². The van der Waals surface area contributed by atoms with Gasteiger partial charge in [0.25, 0.3) is 5.91 Å². The largest absolute Gasteiger partial charge is 0.322 e. The molecular weight excluding hydrogens is 382 g/mol. The Morgan fingerprint density at radius 2 is 1.72 bits per heavy atom. The van der Waals surface area contributed by atoms with Crippen LogP contribution in [0.1, 0.15) is 21.7 Å². The van der Waals surface area contributed by atoms with Crippen molar-refractivity contribution in [3.8, 4) is 11.3 Å². The van der Waals surface area contributed by atoms with Gasteiger partial charge >= 0.3 is 0 Å². The molecule has 142 valence electrons. The van der Waals surface area contributed by atoms with Crippen molar-refractivity contribution in [3.05, 3.63) is 77.2 Å². The SMILES string of the molecule is Cc1nc2ccc(C(=O)Nc3ccc(-c4cn5ccsc5n4)cc3)cc2nc1C. The Kier molecular flexibility index (Phi) is 4.10. The summed E-state index contributed by atoms with van der Waals surface area (Å²) in [6.07, 6.45) is 3.99. The lowest BCUT2D eigenvalue weighted by atomic mass is 10.1. The molecule has 3 heterocycles. The number of hydrogen-bond donors (Lipinski definition) is 1. The molecule has 0 radical (unpaired) electrons. The van der Waals surface area contributed by atoms with Gasteiger partial charge in [-0.3, -0.25) is 9.20 Å². The minimum atomic E-state index is -0.179. The Hall–Kier alpha value is -3.58. The summed E-state index contributed by atoms with van der Waals surface area (Å²) in [7, 11) is 0. The normalized spacial score (nSPS) is 11.2. The first kappa shape index (κ1) is 17.5. The third-order valence-corrected chi connectivity index (χ3v) is 5.64. The van der Waals surface area contributed by atoms with E-state index in [-0.39, 0.29) is 5.91 Å². The zero-order valence-electron chi connectivity index (χ0n) is 15.9. The van der Waals surface area contributed by atoms with Crippen molar-refractivity contribution < 1.29 is 4.79 Å². The van der Waals surface area contributed by atoms with Crippen molar-refractivity contribution >= 4 is 38.9 Å². The Morgan fingerprint density at radius 1 is 0.966 bits per heavy atom. The minimum absolute atomic E-state index is 0.179. The van der Waals surface area contributed by atoms with Crippen LogP contribution in [0.4, 0.5) is 5.69 Å². The van der Waals surface area contributed by atoms with E-state index >= 15 is 0 Å². The van der Waals surface area contributed by atoms with Gasteiger partial charge in [0, 0.05) is 34.6 Å². The monoisotopic (exact) mass is 399 g/mol. The molecule has 0 spiro atoms. The van der Waals surface area contributed by atoms with Crippen LogP contribution in [0.5, 0.6) is 0 Å². The average molecular weight is 399 g/mol. The summed E-state index contributed by atoms with van der Waals surface area (Å²) in [5.74, 6) is -0.179. The second-order valence-corrected chi connectivity index (χ2v) is 7.72. The number of thiazole rings is 1. The molecule has 5 aromatic rings. The van der Waals surface area contributed by atoms with Crippen molar-refractivity contribution in [2.45, 2.75) is 13.8 Å². The number of benzene rings is 2. The molecular formula is C22H17N5OS. The van der Waals surface area contributed by atoms with Crippen molar-refractivity contribution in [2.75, 3.05) is 5.32 Å². The molecule has 0 saturated heterocycles. The molecule has 0 saturated carbocycles. The number of imidazole rings is 1. The van der Waals surface area contributed by atoms with Gasteiger partial charge in [-0.25, -0.2) is 15.0 Å². The molecule has 0 unspecified atom stereocenters. The zero-order chi connectivity index (χ0) is 20.0. The number of aryl methyl sites for hydroxylation is 2. The van der Waals surface area contributed by atoms with Gasteiger partial charge in [-0.2, -0.15) is 0 Å². The van der Waals surface area contributed by atoms with Crippen LogP contribution in [0.25, 0.3) is 27.3 Å². The minimum Gasteiger partial charge on any atom is -0.322 e. The average Bonchev–Trinajstić information content (AvgIpc) is 3.31. The highest BCUT2D eigenvalue weighted by Crippen LogP contribution is 2.23. The van der Waals surface area contributed by atoms with E-state index in [1.165, 1.54) is 0 Å². The Labute approximate surface area is 170 Å². The van der Waals surface area contributed by atoms with Gasteiger partial charge in [0.1, 0.15) is 0 Å². The van der Waals surface area contributed by atoms with E-state index in [9.17, 15) is 4.79 Å². The van der Waals surface area contributed by atoms with Crippen LogP contribution in [0.3, 0.4) is 0 Å². The molecule has 0 atom stereocenters. The molecule has 0 aliphatic carbocycles. The third kappa shape index (κ3) is 3.25. The number of amides is 1. The highest BCUT2D eigenvalue weighted by molar-refractivity contribution is 7.15. The van der Waals surface area contributed by atoms with Gasteiger partial charge in [-0.05, 0) is 44.2 Å². The fourth-order valence-electron chi connectivity index (χ4n) is 3.17. The summed E-state index contributed by atoms with van der Waals surface area (Å²) in [5.41, 5.74) is 6.46. The van der Waals surface area contributed by atoms with Crippen LogP contribution in [0.2, 0.25) is 0 Å². The molecule has 2 aromatic carbocycles. The van der Waals surface area contributed by atoms with Crippen molar-refractivity contribution in [3.63, 3.8) is 0 Å². The molecule has 6 nitrogen and oxygen atoms in total. The van der Waals surface area contributed by atoms with Gasteiger partial charge in [0.2, 0.25) is 0 Å². The first-order valence-electron chi connectivity index (χ1n) is 9.16. The molecule has 0 fully saturated rings. The number of rotatable bonds is 3. The van der Waals surface area contributed by atoms with E-state index < -0.39 is 0 Å². The molecule has 1 N–H and O–H groups in total. The summed E-state index contributed by atoms with van der Waals surface area (Å²) < 4.78 is 2.00. The number of hydrogen-bond acceptors (Lipinski definition) is 5. The number of carbonyl (C=O) groups is 1. The number of nitrogens with one attached hydrogen (secondary N) is 1. The van der Waals surface area contributed by atoms with Crippen LogP contribution < -0.4 is 5.32 Å². The lowest BCUT2D eigenvalue weighted by molar-refractivity contribution is 0.102. The lowest BCUT2D eigenvalue weighted by Gasteiger charge is -2.08. The predicted octanol–water partition coefficient (Wildman–Crippen LogP) is 4.88. The van der Waals surface area contributed by atoms with Gasteiger partial charge in [0.05, 0.1) is 28.1 Å². The Balaban J connectivity index is 1.37. The van der Waals surface area contributed by atoms with E-state index in [0.29, 0.717) is 5.56 Å². The standard InChI is InChI=1S/C22H17N5OS/c1-13-14(2)24-19-11-16(5-8-18(19)23-13)21(28)25-17-6-3-15(4-7-17)20-12-27-9-10-29-22(27)26-20/h3-12H,1-2H3,(H,25,28). The quantitative estimate of drug-likeness (QED) is 0.470. The van der Waals surface area contributed by atoms with Crippen LogP contribution in [0.15, 0.2) is 60.2 Å². The van der Waals surface area contributed by atoms with Gasteiger partial charge in [-0.15, -0.1) is 11.3 Å². The van der Waals surface area contributed by atoms with Crippen molar-refractivity contribution in [1.29, 1.82) is 0 Å². The molecule has 0 aliphatic rings. The zero-order valence-corrected chi connectivity index (χ0v) is 16.7. The lowest BCUT2D eigenvalue weighted by Crippen LogP contribution is -2.12. The van der Waals surface area contributed by atoms with E-state index in [1.54, 1.807) is 23.5 Å². The second-order valence-electron chi connectivity index (χ2n) is 6.85. The fraction of sp³-hybridized carbons (Fsp3) is 0.0909. The third-order valence-electron chi connectivity index (χ3n) is 4.87. The molecule has 5 rings (SSSR count). The molecule has 29 heavy (non-hydrogen) atoms. The smallest absolute Gasteiger partial charge is 0.255 e. The summed E-state index contributed by atoms with van der Waals surface area (Å²) in [6, 6.07) is 13.1. The molecule has 3 aromatic heterocycles. The topological polar surface area (TPSA) is 72.2 Å². The van der Waals surface area contributed by atoms with Crippen LogP contribution in [0, 0.1) is 13.8 Å². The second kappa shape index (κ2) is 6.79. The van der Waals surface area contributed by atoms with E-state index in [2.05, 4.69) is 20.3 Å². The molecule has 0 aliphatic heterocycles. The number of aromatic nitrogens is 4. The summed E-state index contributed by atoms with van der Waals surface area (Å²) in [4.78, 5) is 27.3. The van der Waals surface area contributed by atoms with Crippen LogP contribution >= 0.6 is 11.3 Å². The highest BCUT2D eigenvalue weighted by atomic mass is 32.1. The maximum absolute atomic E-state index is 12.7. The maximum atomic E-state index is 12.7. The van der Waals surface area contributed by atoms with Crippen molar-refractivity contribution in [1.82, 2.24) is 19.4 Å². The van der Waals surface area contributed by atoms with Crippen LogP contribution in [-0.2, 0) is 0 Å². The summed E-state index contributed by atoms with van der Waals surface area (Å²) >= 11 is 1.60. The number of nitrogens with zero attached hydrogens (tertiary/aromatic N) is 4. The number of carbonyl (C=O) groups excluding carboxylic acids is 1.